The second-order valence-corrected chi connectivity index (χ2v) is 10.0. The van der Waals surface area contributed by atoms with Crippen molar-refractivity contribution in [2.45, 2.75) is 52.3 Å². The summed E-state index contributed by atoms with van der Waals surface area (Å²) in [7, 11) is 0. The molecular formula is C27H34N6O4. The summed E-state index contributed by atoms with van der Waals surface area (Å²) in [5, 5.41) is 11.7. The van der Waals surface area contributed by atoms with E-state index in [0.717, 1.165) is 12.0 Å². The smallest absolute Gasteiger partial charge is 0.329 e. The highest BCUT2D eigenvalue weighted by Crippen LogP contribution is 2.38. The van der Waals surface area contributed by atoms with Gasteiger partial charge in [0, 0.05) is 51.9 Å². The number of carbonyl (C=O) groups is 2. The van der Waals surface area contributed by atoms with Gasteiger partial charge in [0.25, 0.3) is 0 Å². The Hall–Kier alpha value is -3.82. The average molecular weight is 507 g/mol. The number of fused-ring (bicyclic) bond motifs is 1. The molecule has 5 rings (SSSR count). The first-order chi connectivity index (χ1) is 17.8. The van der Waals surface area contributed by atoms with Gasteiger partial charge < -0.3 is 29.1 Å². The fourth-order valence-electron chi connectivity index (χ4n) is 5.12. The number of aromatic hydroxyl groups is 1. The average Bonchev–Trinajstić information content (AvgIpc) is 3.53. The minimum atomic E-state index is -0.464. The number of esters is 1. The van der Waals surface area contributed by atoms with Crippen LogP contribution in [0.2, 0.25) is 0 Å². The van der Waals surface area contributed by atoms with Crippen molar-refractivity contribution in [3.63, 3.8) is 0 Å². The first kappa shape index (κ1) is 24.9. The van der Waals surface area contributed by atoms with E-state index in [4.69, 9.17) is 14.7 Å². The van der Waals surface area contributed by atoms with Crippen molar-refractivity contribution in [1.82, 2.24) is 19.4 Å². The molecule has 10 heteroatoms. The molecule has 196 valence electrons. The zero-order chi connectivity index (χ0) is 26.1. The van der Waals surface area contributed by atoms with Gasteiger partial charge >= 0.3 is 5.97 Å². The van der Waals surface area contributed by atoms with Gasteiger partial charge in [-0.25, -0.2) is 9.78 Å². The summed E-state index contributed by atoms with van der Waals surface area (Å²) in [6.07, 6.45) is 3.37. The van der Waals surface area contributed by atoms with Gasteiger partial charge in [0.15, 0.2) is 0 Å². The van der Waals surface area contributed by atoms with Crippen LogP contribution in [0, 0.1) is 0 Å². The highest BCUT2D eigenvalue weighted by molar-refractivity contribution is 5.96. The number of aromatic nitrogens is 3. The predicted molar refractivity (Wildman–Crippen MR) is 141 cm³/mol. The van der Waals surface area contributed by atoms with E-state index in [1.807, 2.05) is 65.1 Å². The van der Waals surface area contributed by atoms with Crippen LogP contribution in [-0.4, -0.2) is 75.2 Å². The Bertz CT molecular complexity index is 1280. The molecule has 1 amide bonds. The number of hydrogen-bond acceptors (Lipinski definition) is 8. The lowest BCUT2D eigenvalue weighted by Crippen LogP contribution is -2.48. The Kier molecular flexibility index (Phi) is 6.90. The monoisotopic (exact) mass is 506 g/mol. The Labute approximate surface area is 216 Å². The van der Waals surface area contributed by atoms with Gasteiger partial charge in [-0.15, -0.1) is 0 Å². The van der Waals surface area contributed by atoms with Gasteiger partial charge in [0.2, 0.25) is 17.7 Å². The van der Waals surface area contributed by atoms with Gasteiger partial charge in [-0.3, -0.25) is 4.79 Å². The van der Waals surface area contributed by atoms with Crippen LogP contribution < -0.4 is 9.80 Å². The molecule has 0 saturated carbocycles. The van der Waals surface area contributed by atoms with Gasteiger partial charge in [0.1, 0.15) is 24.0 Å². The van der Waals surface area contributed by atoms with E-state index < -0.39 is 6.04 Å². The number of carbonyl (C=O) groups excluding carboxylic acids is 2. The molecule has 0 unspecified atom stereocenters. The molecule has 2 saturated heterocycles. The van der Waals surface area contributed by atoms with Crippen LogP contribution in [0.15, 0.2) is 36.5 Å². The largest absolute Gasteiger partial charge is 0.493 e. The second kappa shape index (κ2) is 10.3. The fourth-order valence-corrected chi connectivity index (χ4v) is 5.12. The van der Waals surface area contributed by atoms with Crippen LogP contribution >= 0.6 is 0 Å². The number of nitrogens with zero attached hydrogens (tertiary/aromatic N) is 6. The van der Waals surface area contributed by atoms with Crippen molar-refractivity contribution in [3.8, 4) is 5.88 Å². The third-order valence-corrected chi connectivity index (χ3v) is 7.22. The summed E-state index contributed by atoms with van der Waals surface area (Å²) in [6, 6.07) is 9.20. The van der Waals surface area contributed by atoms with Crippen molar-refractivity contribution < 1.29 is 19.4 Å². The Morgan fingerprint density at radius 3 is 2.49 bits per heavy atom. The third kappa shape index (κ3) is 4.92. The van der Waals surface area contributed by atoms with Crippen molar-refractivity contribution in [1.29, 1.82) is 0 Å². The molecule has 2 aliphatic heterocycles. The second-order valence-electron chi connectivity index (χ2n) is 10.0. The van der Waals surface area contributed by atoms with Crippen LogP contribution in [0.25, 0.3) is 10.9 Å². The van der Waals surface area contributed by atoms with Crippen LogP contribution in [0.5, 0.6) is 5.88 Å². The summed E-state index contributed by atoms with van der Waals surface area (Å²) < 4.78 is 7.47. The minimum absolute atomic E-state index is 0.0230. The van der Waals surface area contributed by atoms with Crippen LogP contribution in [0.1, 0.15) is 45.2 Å². The molecule has 0 radical (unpaired) electrons. The molecular weight excluding hydrogens is 472 g/mol. The maximum Gasteiger partial charge on any atom is 0.329 e. The fraction of sp³-hybridized carbons (Fsp3) is 0.481. The van der Waals surface area contributed by atoms with Crippen molar-refractivity contribution in [3.05, 3.63) is 42.1 Å². The van der Waals surface area contributed by atoms with Gasteiger partial charge in [0.05, 0.1) is 5.39 Å². The molecule has 0 aliphatic carbocycles. The normalized spacial score (nSPS) is 18.2. The topological polar surface area (TPSA) is 104 Å². The van der Waals surface area contributed by atoms with E-state index in [9.17, 15) is 14.7 Å². The van der Waals surface area contributed by atoms with Gasteiger partial charge in [-0.05, 0) is 32.3 Å². The van der Waals surface area contributed by atoms with Crippen LogP contribution in [-0.2, 0) is 20.9 Å². The molecule has 2 aliphatic rings. The maximum absolute atomic E-state index is 13.2. The first-order valence-electron chi connectivity index (χ1n) is 12.9. The molecule has 0 bridgehead atoms. The Balaban J connectivity index is 1.47. The highest BCUT2D eigenvalue weighted by atomic mass is 16.5. The summed E-state index contributed by atoms with van der Waals surface area (Å²) in [6.45, 7) is 8.80. The lowest BCUT2D eigenvalue weighted by molar-refractivity contribution is -0.146. The van der Waals surface area contributed by atoms with Crippen LogP contribution in [0.3, 0.4) is 0 Å². The molecule has 2 aromatic heterocycles. The van der Waals surface area contributed by atoms with E-state index in [-0.39, 0.29) is 30.4 Å². The standard InChI is InChI=1S/C27H34N6O4/c1-18(2)33-16-21-23(25(33)35)28-27(31-14-12-30(13-15-31)19(3)34)29-24(21)32-11-7-10-22(32)26(36)37-17-20-8-5-4-6-9-20/h4-6,8-9,16,18,22,35H,7,10-15,17H2,1-3H3/t22-/m1/s1. The molecule has 1 atom stereocenters. The van der Waals surface area contributed by atoms with Crippen molar-refractivity contribution >= 4 is 34.5 Å². The number of ether oxygens (including phenoxy) is 1. The maximum atomic E-state index is 13.2. The molecule has 3 aromatic rings. The lowest BCUT2D eigenvalue weighted by Gasteiger charge is -2.34. The highest BCUT2D eigenvalue weighted by Gasteiger charge is 2.36. The first-order valence-corrected chi connectivity index (χ1v) is 12.9. The van der Waals surface area contributed by atoms with E-state index in [1.54, 1.807) is 11.5 Å². The van der Waals surface area contributed by atoms with Crippen molar-refractivity contribution in [2.75, 3.05) is 42.5 Å². The summed E-state index contributed by atoms with van der Waals surface area (Å²) in [4.78, 5) is 40.5. The molecule has 10 nitrogen and oxygen atoms in total. The number of piperazine rings is 1. The summed E-state index contributed by atoms with van der Waals surface area (Å²) in [5.41, 5.74) is 1.40. The summed E-state index contributed by atoms with van der Waals surface area (Å²) in [5.74, 6) is 0.975. The third-order valence-electron chi connectivity index (χ3n) is 7.22. The molecule has 1 N–H and O–H groups in total. The number of amides is 1. The zero-order valence-electron chi connectivity index (χ0n) is 21.6. The predicted octanol–water partition coefficient (Wildman–Crippen LogP) is 3.10. The van der Waals surface area contributed by atoms with Gasteiger partial charge in [-0.1, -0.05) is 30.3 Å². The minimum Gasteiger partial charge on any atom is -0.493 e. The Morgan fingerprint density at radius 1 is 1.08 bits per heavy atom. The summed E-state index contributed by atoms with van der Waals surface area (Å²) >= 11 is 0. The molecule has 4 heterocycles. The van der Waals surface area contributed by atoms with Crippen molar-refractivity contribution in [2.24, 2.45) is 0 Å². The number of anilines is 2. The quantitative estimate of drug-likeness (QED) is 0.509. The lowest BCUT2D eigenvalue weighted by atomic mass is 10.2. The molecule has 37 heavy (non-hydrogen) atoms. The number of rotatable bonds is 6. The van der Waals surface area contributed by atoms with E-state index in [2.05, 4.69) is 0 Å². The number of benzene rings is 1. The van der Waals surface area contributed by atoms with E-state index in [1.165, 1.54) is 0 Å². The van der Waals surface area contributed by atoms with Gasteiger partial charge in [-0.2, -0.15) is 4.98 Å². The zero-order valence-corrected chi connectivity index (χ0v) is 21.6. The Morgan fingerprint density at radius 2 is 1.81 bits per heavy atom. The molecule has 1 aromatic carbocycles. The number of hydrogen-bond donors (Lipinski definition) is 1. The molecule has 0 spiro atoms. The van der Waals surface area contributed by atoms with Crippen LogP contribution in [0.4, 0.5) is 11.8 Å². The SMILES string of the molecule is CC(=O)N1CCN(c2nc(N3CCC[C@@H]3C(=O)OCc3ccccc3)c3cn(C(C)C)c(O)c3n2)CC1. The van der Waals surface area contributed by atoms with E-state index in [0.29, 0.717) is 61.8 Å². The van der Waals surface area contributed by atoms with E-state index >= 15 is 0 Å². The molecule has 2 fully saturated rings.